The van der Waals surface area contributed by atoms with Gasteiger partial charge in [0.2, 0.25) is 0 Å². The number of ether oxygens (including phenoxy) is 1. The average molecular weight is 467 g/mol. The fraction of sp³-hybridized carbons (Fsp3) is 0.591. The molecule has 1 aromatic carbocycles. The van der Waals surface area contributed by atoms with Gasteiger partial charge in [0.25, 0.3) is 0 Å². The van der Waals surface area contributed by atoms with Gasteiger partial charge in [-0.15, -0.1) is 0 Å². The van der Waals surface area contributed by atoms with Crippen LogP contribution in [-0.4, -0.2) is 70.0 Å². The van der Waals surface area contributed by atoms with Crippen molar-refractivity contribution in [3.05, 3.63) is 17.7 Å². The van der Waals surface area contributed by atoms with Crippen molar-refractivity contribution >= 4 is 34.2 Å². The SMILES string of the molecule is CC(C)OC(=O)N1CCC(O)CC1.Cn1nc(N)c2c(F)cc(N3CCC(=N)CC3)c(F)c21. The van der Waals surface area contributed by atoms with E-state index in [9.17, 15) is 18.7 Å². The maximum atomic E-state index is 14.6. The van der Waals surface area contributed by atoms with Crippen LogP contribution in [0.3, 0.4) is 0 Å². The molecular formula is C22H32F2N6O3. The molecule has 2 fully saturated rings. The first kappa shape index (κ1) is 24.7. The lowest BCUT2D eigenvalue weighted by molar-refractivity contribution is 0.0457. The van der Waals surface area contributed by atoms with Gasteiger partial charge in [0.1, 0.15) is 11.3 Å². The van der Waals surface area contributed by atoms with Gasteiger partial charge in [0, 0.05) is 57.8 Å². The van der Waals surface area contributed by atoms with Crippen LogP contribution in [0.2, 0.25) is 0 Å². The number of carbonyl (C=O) groups excluding carboxylic acids is 1. The van der Waals surface area contributed by atoms with Crippen molar-refractivity contribution in [2.75, 3.05) is 36.8 Å². The van der Waals surface area contributed by atoms with Gasteiger partial charge in [-0.25, -0.2) is 13.6 Å². The molecule has 9 nitrogen and oxygen atoms in total. The van der Waals surface area contributed by atoms with Gasteiger partial charge in [-0.2, -0.15) is 5.10 Å². The summed E-state index contributed by atoms with van der Waals surface area (Å²) >= 11 is 0. The molecule has 0 unspecified atom stereocenters. The summed E-state index contributed by atoms with van der Waals surface area (Å²) in [6.45, 7) is 5.91. The second kappa shape index (κ2) is 10.3. The normalized spacial score (nSPS) is 17.4. The summed E-state index contributed by atoms with van der Waals surface area (Å²) in [6, 6.07) is 1.17. The number of rotatable bonds is 2. The smallest absolute Gasteiger partial charge is 0.410 e. The largest absolute Gasteiger partial charge is 0.447 e. The molecule has 2 aliphatic rings. The van der Waals surface area contributed by atoms with Crippen LogP contribution in [0.5, 0.6) is 0 Å². The van der Waals surface area contributed by atoms with Crippen molar-refractivity contribution in [2.24, 2.45) is 7.05 Å². The molecule has 0 bridgehead atoms. The molecule has 0 radical (unpaired) electrons. The van der Waals surface area contributed by atoms with E-state index in [1.807, 2.05) is 13.8 Å². The number of amides is 1. The second-order valence-corrected chi connectivity index (χ2v) is 8.67. The van der Waals surface area contributed by atoms with Crippen molar-refractivity contribution < 1.29 is 23.4 Å². The van der Waals surface area contributed by atoms with Gasteiger partial charge in [0.15, 0.2) is 11.6 Å². The van der Waals surface area contributed by atoms with E-state index in [-0.39, 0.29) is 40.7 Å². The first-order chi connectivity index (χ1) is 15.6. The number of nitrogens with one attached hydrogen (secondary N) is 1. The molecule has 182 valence electrons. The summed E-state index contributed by atoms with van der Waals surface area (Å²) in [5.74, 6) is -1.09. The Morgan fingerprint density at radius 1 is 1.24 bits per heavy atom. The van der Waals surface area contributed by atoms with Gasteiger partial charge < -0.3 is 30.8 Å². The van der Waals surface area contributed by atoms with Gasteiger partial charge in [0.05, 0.1) is 23.3 Å². The number of anilines is 2. The Hall–Kier alpha value is -2.95. The number of likely N-dealkylation sites (tertiary alicyclic amines) is 1. The monoisotopic (exact) mass is 466 g/mol. The Balaban J connectivity index is 0.000000205. The van der Waals surface area contributed by atoms with Crippen molar-refractivity contribution in [1.29, 1.82) is 5.41 Å². The van der Waals surface area contributed by atoms with E-state index in [0.717, 1.165) is 0 Å². The summed E-state index contributed by atoms with van der Waals surface area (Å²) in [6.07, 6.45) is 1.89. The van der Waals surface area contributed by atoms with E-state index < -0.39 is 11.6 Å². The Morgan fingerprint density at radius 2 is 1.85 bits per heavy atom. The maximum Gasteiger partial charge on any atom is 0.410 e. The van der Waals surface area contributed by atoms with Crippen molar-refractivity contribution in [2.45, 2.75) is 51.7 Å². The van der Waals surface area contributed by atoms with Crippen LogP contribution in [0.25, 0.3) is 10.9 Å². The number of fused-ring (bicyclic) bond motifs is 1. The lowest BCUT2D eigenvalue weighted by atomic mass is 10.1. The van der Waals surface area contributed by atoms with E-state index in [1.165, 1.54) is 17.8 Å². The number of nitrogen functional groups attached to an aromatic ring is 1. The highest BCUT2D eigenvalue weighted by Crippen LogP contribution is 2.33. The molecule has 4 rings (SSSR count). The predicted octanol–water partition coefficient (Wildman–Crippen LogP) is 3.04. The Kier molecular flexibility index (Phi) is 7.72. The van der Waals surface area contributed by atoms with Gasteiger partial charge in [-0.1, -0.05) is 0 Å². The number of aromatic nitrogens is 2. The molecular weight excluding hydrogens is 434 g/mol. The maximum absolute atomic E-state index is 14.6. The first-order valence-electron chi connectivity index (χ1n) is 11.1. The molecule has 2 aliphatic heterocycles. The molecule has 0 saturated carbocycles. The van der Waals surface area contributed by atoms with Gasteiger partial charge in [-0.3, -0.25) is 4.68 Å². The zero-order chi connectivity index (χ0) is 24.3. The molecule has 2 saturated heterocycles. The number of hydrogen-bond acceptors (Lipinski definition) is 7. The van der Waals surface area contributed by atoms with Gasteiger partial charge >= 0.3 is 6.09 Å². The summed E-state index contributed by atoms with van der Waals surface area (Å²) in [5.41, 5.74) is 6.55. The number of hydrogen-bond donors (Lipinski definition) is 3. The van der Waals surface area contributed by atoms with Crippen LogP contribution in [0, 0.1) is 17.0 Å². The van der Waals surface area contributed by atoms with Crippen LogP contribution in [0.1, 0.15) is 39.5 Å². The van der Waals surface area contributed by atoms with Crippen LogP contribution in [0.15, 0.2) is 6.07 Å². The fourth-order valence-electron chi connectivity index (χ4n) is 3.98. The Morgan fingerprint density at radius 3 is 2.42 bits per heavy atom. The molecule has 1 amide bonds. The predicted molar refractivity (Wildman–Crippen MR) is 123 cm³/mol. The third-order valence-corrected chi connectivity index (χ3v) is 5.78. The number of piperidine rings is 2. The molecule has 4 N–H and O–H groups in total. The number of aliphatic hydroxyl groups is 1. The summed E-state index contributed by atoms with van der Waals surface area (Å²) in [7, 11) is 1.54. The molecule has 0 atom stereocenters. The lowest BCUT2D eigenvalue weighted by Gasteiger charge is -2.29. The van der Waals surface area contributed by atoms with Crippen LogP contribution in [0.4, 0.5) is 25.1 Å². The van der Waals surface area contributed by atoms with E-state index in [1.54, 1.807) is 9.80 Å². The fourth-order valence-corrected chi connectivity index (χ4v) is 3.98. The number of benzene rings is 1. The van der Waals surface area contributed by atoms with Crippen molar-refractivity contribution in [1.82, 2.24) is 14.7 Å². The van der Waals surface area contributed by atoms with Crippen LogP contribution < -0.4 is 10.6 Å². The van der Waals surface area contributed by atoms with Gasteiger partial charge in [-0.05, 0) is 26.7 Å². The topological polar surface area (TPSA) is 121 Å². The minimum atomic E-state index is -0.567. The highest BCUT2D eigenvalue weighted by Gasteiger charge is 2.24. The summed E-state index contributed by atoms with van der Waals surface area (Å²) < 4.78 is 35.1. The molecule has 3 heterocycles. The van der Waals surface area contributed by atoms with E-state index >= 15 is 0 Å². The quantitative estimate of drug-likeness (QED) is 0.626. The van der Waals surface area contributed by atoms with Crippen molar-refractivity contribution in [3.8, 4) is 0 Å². The minimum Gasteiger partial charge on any atom is -0.447 e. The standard InChI is InChI=1S/C13H15F2N5.C9H17NO3/c1-19-12-10(13(17)18-19)8(14)6-9(11(12)15)20-4-2-7(16)3-5-20;1-7(2)13-9(12)10-5-3-8(11)4-6-10/h6,16H,2-5H2,1H3,(H2,17,18);7-8,11H,3-6H2,1-2H3. The molecule has 11 heteroatoms. The number of carbonyl (C=O) groups is 1. The Bertz CT molecular complexity index is 1010. The highest BCUT2D eigenvalue weighted by atomic mass is 19.1. The van der Waals surface area contributed by atoms with E-state index in [4.69, 9.17) is 15.9 Å². The first-order valence-corrected chi connectivity index (χ1v) is 11.1. The average Bonchev–Trinajstić information content (AvgIpc) is 3.06. The highest BCUT2D eigenvalue weighted by molar-refractivity contribution is 5.93. The molecule has 0 aliphatic carbocycles. The number of nitrogens with zero attached hydrogens (tertiary/aromatic N) is 4. The van der Waals surface area contributed by atoms with E-state index in [2.05, 4.69) is 5.10 Å². The zero-order valence-electron chi connectivity index (χ0n) is 19.3. The number of halogens is 2. The summed E-state index contributed by atoms with van der Waals surface area (Å²) in [4.78, 5) is 14.7. The third kappa shape index (κ3) is 5.70. The summed E-state index contributed by atoms with van der Waals surface area (Å²) in [5, 5.41) is 20.7. The third-order valence-electron chi connectivity index (χ3n) is 5.78. The molecule has 0 spiro atoms. The number of aliphatic hydroxyl groups excluding tert-OH is 1. The number of aryl methyl sites for hydroxylation is 1. The number of nitrogens with two attached hydrogens (primary N) is 1. The van der Waals surface area contributed by atoms with E-state index in [0.29, 0.717) is 57.6 Å². The van der Waals surface area contributed by atoms with Crippen LogP contribution in [-0.2, 0) is 11.8 Å². The second-order valence-electron chi connectivity index (χ2n) is 8.67. The lowest BCUT2D eigenvalue weighted by Crippen LogP contribution is -2.41. The molecule has 33 heavy (non-hydrogen) atoms. The molecule has 1 aromatic heterocycles. The Labute approximate surface area is 191 Å². The molecule has 2 aromatic rings. The zero-order valence-corrected chi connectivity index (χ0v) is 19.3. The minimum absolute atomic E-state index is 0.00845. The van der Waals surface area contributed by atoms with Crippen molar-refractivity contribution in [3.63, 3.8) is 0 Å². The van der Waals surface area contributed by atoms with Crippen LogP contribution >= 0.6 is 0 Å².